The standard InChI is InChI=1S/C24H25N3O2S/c1-18-16-21(23(29)19-8-4-2-5-9-19)24(30-18)25-22(28)17-26-12-14-27(15-13-26)20-10-6-3-7-11-20/h2-11,16H,12-15,17H2,1H3,(H,25,28)/p+1. The highest BCUT2D eigenvalue weighted by Crippen LogP contribution is 2.29. The van der Waals surface area contributed by atoms with Crippen molar-refractivity contribution in [2.24, 2.45) is 0 Å². The molecule has 6 heteroatoms. The first-order valence-corrected chi connectivity index (χ1v) is 11.1. The average molecular weight is 421 g/mol. The number of quaternary nitrogens is 1. The number of thiophene rings is 1. The highest BCUT2D eigenvalue weighted by Gasteiger charge is 2.24. The van der Waals surface area contributed by atoms with Crippen molar-refractivity contribution in [3.8, 4) is 0 Å². The Hall–Kier alpha value is -2.96. The molecule has 2 aromatic carbocycles. The molecule has 0 radical (unpaired) electrons. The van der Waals surface area contributed by atoms with Crippen LogP contribution in [-0.4, -0.2) is 44.4 Å². The summed E-state index contributed by atoms with van der Waals surface area (Å²) >= 11 is 1.46. The highest BCUT2D eigenvalue weighted by molar-refractivity contribution is 7.16. The molecule has 2 heterocycles. The normalized spacial score (nSPS) is 14.5. The Morgan fingerprint density at radius 3 is 2.30 bits per heavy atom. The van der Waals surface area contributed by atoms with E-state index >= 15 is 0 Å². The van der Waals surface area contributed by atoms with Crippen LogP contribution in [0.4, 0.5) is 10.7 Å². The van der Waals surface area contributed by atoms with Crippen LogP contribution < -0.4 is 15.1 Å². The molecular weight excluding hydrogens is 394 g/mol. The van der Waals surface area contributed by atoms with Gasteiger partial charge in [0.25, 0.3) is 5.91 Å². The number of benzene rings is 2. The Morgan fingerprint density at radius 1 is 1.00 bits per heavy atom. The molecule has 3 aromatic rings. The number of aryl methyl sites for hydroxylation is 1. The first kappa shape index (κ1) is 20.3. The van der Waals surface area contributed by atoms with Gasteiger partial charge in [0.05, 0.1) is 31.7 Å². The zero-order valence-electron chi connectivity index (χ0n) is 17.1. The van der Waals surface area contributed by atoms with E-state index < -0.39 is 0 Å². The van der Waals surface area contributed by atoms with Crippen molar-refractivity contribution in [1.29, 1.82) is 0 Å². The van der Waals surface area contributed by atoms with E-state index in [2.05, 4.69) is 34.5 Å². The second-order valence-electron chi connectivity index (χ2n) is 7.59. The molecule has 2 N–H and O–H groups in total. The molecule has 0 saturated carbocycles. The van der Waals surface area contributed by atoms with Gasteiger partial charge in [-0.15, -0.1) is 11.3 Å². The largest absolute Gasteiger partial charge is 0.360 e. The van der Waals surface area contributed by atoms with Crippen molar-refractivity contribution < 1.29 is 14.5 Å². The van der Waals surface area contributed by atoms with Crippen molar-refractivity contribution in [3.05, 3.63) is 82.7 Å². The Balaban J connectivity index is 1.36. The molecule has 0 spiro atoms. The van der Waals surface area contributed by atoms with Crippen LogP contribution >= 0.6 is 11.3 Å². The van der Waals surface area contributed by atoms with Crippen LogP contribution in [0.5, 0.6) is 0 Å². The molecule has 0 atom stereocenters. The molecule has 5 nitrogen and oxygen atoms in total. The van der Waals surface area contributed by atoms with Gasteiger partial charge < -0.3 is 15.1 Å². The topological polar surface area (TPSA) is 53.9 Å². The Kier molecular flexibility index (Phi) is 6.26. The lowest BCUT2D eigenvalue weighted by molar-refractivity contribution is -0.892. The third-order valence-electron chi connectivity index (χ3n) is 5.39. The Bertz CT molecular complexity index is 1010. The number of para-hydroxylation sites is 1. The molecule has 1 aliphatic rings. The fraction of sp³-hybridized carbons (Fsp3) is 0.250. The summed E-state index contributed by atoms with van der Waals surface area (Å²) in [6.07, 6.45) is 0. The van der Waals surface area contributed by atoms with Gasteiger partial charge in [-0.1, -0.05) is 48.5 Å². The molecule has 1 aromatic heterocycles. The zero-order chi connectivity index (χ0) is 20.9. The maximum atomic E-state index is 12.9. The predicted molar refractivity (Wildman–Crippen MR) is 122 cm³/mol. The highest BCUT2D eigenvalue weighted by atomic mass is 32.1. The number of nitrogens with one attached hydrogen (secondary N) is 2. The molecule has 1 fully saturated rings. The molecular formula is C24H26N3O2S+. The van der Waals surface area contributed by atoms with Crippen molar-refractivity contribution in [1.82, 2.24) is 0 Å². The average Bonchev–Trinajstić information content (AvgIpc) is 3.14. The molecule has 1 saturated heterocycles. The number of rotatable bonds is 6. The van der Waals surface area contributed by atoms with Crippen LogP contribution in [0.25, 0.3) is 0 Å². The summed E-state index contributed by atoms with van der Waals surface area (Å²) in [6.45, 7) is 6.07. The fourth-order valence-electron chi connectivity index (χ4n) is 3.82. The summed E-state index contributed by atoms with van der Waals surface area (Å²) in [5.74, 6) is -0.0961. The van der Waals surface area contributed by atoms with Crippen LogP contribution in [0.1, 0.15) is 20.8 Å². The lowest BCUT2D eigenvalue weighted by atomic mass is 10.1. The first-order valence-electron chi connectivity index (χ1n) is 10.2. The lowest BCUT2D eigenvalue weighted by Gasteiger charge is -2.33. The van der Waals surface area contributed by atoms with Gasteiger partial charge in [-0.2, -0.15) is 0 Å². The molecule has 0 unspecified atom stereocenters. The molecule has 1 amide bonds. The second-order valence-corrected chi connectivity index (χ2v) is 8.85. The minimum absolute atomic E-state index is 0.0397. The zero-order valence-corrected chi connectivity index (χ0v) is 17.9. The van der Waals surface area contributed by atoms with Crippen LogP contribution in [0.15, 0.2) is 66.7 Å². The number of ketones is 1. The molecule has 154 valence electrons. The molecule has 30 heavy (non-hydrogen) atoms. The summed E-state index contributed by atoms with van der Waals surface area (Å²) in [5, 5.41) is 3.64. The number of carbonyl (C=O) groups excluding carboxylic acids is 2. The number of carbonyl (C=O) groups is 2. The first-order chi connectivity index (χ1) is 14.6. The summed E-state index contributed by atoms with van der Waals surface area (Å²) in [4.78, 5) is 30.2. The number of amides is 1. The maximum absolute atomic E-state index is 12.9. The third-order valence-corrected chi connectivity index (χ3v) is 6.36. The van der Waals surface area contributed by atoms with Gasteiger partial charge in [0.15, 0.2) is 12.3 Å². The van der Waals surface area contributed by atoms with Crippen molar-refractivity contribution >= 4 is 33.7 Å². The van der Waals surface area contributed by atoms with Gasteiger partial charge in [-0.3, -0.25) is 9.59 Å². The van der Waals surface area contributed by atoms with E-state index in [1.807, 2.05) is 37.3 Å². The van der Waals surface area contributed by atoms with Crippen molar-refractivity contribution in [3.63, 3.8) is 0 Å². The van der Waals surface area contributed by atoms with Gasteiger partial charge in [0.1, 0.15) is 5.00 Å². The number of hydrogen-bond acceptors (Lipinski definition) is 4. The second kappa shape index (κ2) is 9.24. The molecule has 0 bridgehead atoms. The molecule has 4 rings (SSSR count). The van der Waals surface area contributed by atoms with E-state index in [9.17, 15) is 9.59 Å². The van der Waals surface area contributed by atoms with Gasteiger partial charge in [0, 0.05) is 16.1 Å². The number of anilines is 2. The lowest BCUT2D eigenvalue weighted by Crippen LogP contribution is -3.15. The molecule has 0 aliphatic carbocycles. The van der Waals surface area contributed by atoms with Gasteiger partial charge in [-0.25, -0.2) is 0 Å². The quantitative estimate of drug-likeness (QED) is 0.603. The van der Waals surface area contributed by atoms with E-state index in [4.69, 9.17) is 0 Å². The SMILES string of the molecule is Cc1cc(C(=O)c2ccccc2)c(NC(=O)C[NH+]2CCN(c3ccccc3)CC2)s1. The van der Waals surface area contributed by atoms with E-state index in [1.54, 1.807) is 12.1 Å². The minimum Gasteiger partial charge on any atom is -0.360 e. The summed E-state index contributed by atoms with van der Waals surface area (Å²) < 4.78 is 0. The van der Waals surface area contributed by atoms with Gasteiger partial charge in [-0.05, 0) is 25.1 Å². The minimum atomic E-state index is -0.0564. The van der Waals surface area contributed by atoms with E-state index in [-0.39, 0.29) is 11.7 Å². The van der Waals surface area contributed by atoms with E-state index in [0.29, 0.717) is 22.7 Å². The third kappa shape index (κ3) is 4.78. The maximum Gasteiger partial charge on any atom is 0.280 e. The number of piperazine rings is 1. The predicted octanol–water partition coefficient (Wildman–Crippen LogP) is 2.63. The van der Waals surface area contributed by atoms with Gasteiger partial charge in [0.2, 0.25) is 0 Å². The van der Waals surface area contributed by atoms with Crippen LogP contribution in [0.3, 0.4) is 0 Å². The summed E-state index contributed by atoms with van der Waals surface area (Å²) in [6, 6.07) is 21.4. The fourth-order valence-corrected chi connectivity index (χ4v) is 4.74. The summed E-state index contributed by atoms with van der Waals surface area (Å²) in [5.41, 5.74) is 2.44. The number of hydrogen-bond donors (Lipinski definition) is 2. The van der Waals surface area contributed by atoms with E-state index in [0.717, 1.165) is 31.1 Å². The van der Waals surface area contributed by atoms with Crippen molar-refractivity contribution in [2.75, 3.05) is 42.9 Å². The monoisotopic (exact) mass is 420 g/mol. The van der Waals surface area contributed by atoms with Crippen LogP contribution in [0.2, 0.25) is 0 Å². The van der Waals surface area contributed by atoms with Crippen LogP contribution in [-0.2, 0) is 4.79 Å². The van der Waals surface area contributed by atoms with Crippen molar-refractivity contribution in [2.45, 2.75) is 6.92 Å². The number of nitrogens with zero attached hydrogens (tertiary/aromatic N) is 1. The Labute approximate surface area is 180 Å². The Morgan fingerprint density at radius 2 is 1.63 bits per heavy atom. The molecule has 1 aliphatic heterocycles. The summed E-state index contributed by atoms with van der Waals surface area (Å²) in [7, 11) is 0. The van der Waals surface area contributed by atoms with Crippen LogP contribution in [0, 0.1) is 6.92 Å². The van der Waals surface area contributed by atoms with Gasteiger partial charge >= 0.3 is 0 Å². The smallest absolute Gasteiger partial charge is 0.280 e. The van der Waals surface area contributed by atoms with E-state index in [1.165, 1.54) is 21.9 Å².